The Balaban J connectivity index is 2.60. The number of rotatable bonds is 5. The molecule has 1 amide bonds. The van der Waals surface area contributed by atoms with Crippen molar-refractivity contribution in [1.29, 1.82) is 0 Å². The van der Waals surface area contributed by atoms with Gasteiger partial charge in [0.15, 0.2) is 11.6 Å². The number of esters is 1. The lowest BCUT2D eigenvalue weighted by atomic mass is 10.0. The number of carbonyl (C=O) groups is 2. The SMILES string of the molecule is CCNC(=O)C(C(=O)OCC)c1nc(Cl)nc2c1ncn2C. The second-order valence-corrected chi connectivity index (χ2v) is 4.82. The van der Waals surface area contributed by atoms with Gasteiger partial charge in [-0.15, -0.1) is 0 Å². The molecular formula is C13H16ClN5O3. The number of amides is 1. The highest BCUT2D eigenvalue weighted by Gasteiger charge is 2.34. The minimum absolute atomic E-state index is 0.0651. The van der Waals surface area contributed by atoms with Crippen molar-refractivity contribution >= 4 is 34.6 Å². The van der Waals surface area contributed by atoms with Crippen LogP contribution in [0.15, 0.2) is 6.33 Å². The van der Waals surface area contributed by atoms with Crippen molar-refractivity contribution in [2.75, 3.05) is 13.2 Å². The van der Waals surface area contributed by atoms with Crippen molar-refractivity contribution in [2.24, 2.45) is 7.05 Å². The molecule has 2 heterocycles. The van der Waals surface area contributed by atoms with Crippen molar-refractivity contribution in [3.05, 3.63) is 17.3 Å². The Hall–Kier alpha value is -2.22. The Kier molecular flexibility index (Phi) is 4.92. The first-order valence-corrected chi connectivity index (χ1v) is 7.16. The normalized spacial score (nSPS) is 12.2. The van der Waals surface area contributed by atoms with Crippen molar-refractivity contribution in [2.45, 2.75) is 19.8 Å². The van der Waals surface area contributed by atoms with E-state index in [4.69, 9.17) is 16.3 Å². The van der Waals surface area contributed by atoms with E-state index in [-0.39, 0.29) is 17.6 Å². The second-order valence-electron chi connectivity index (χ2n) is 4.49. The van der Waals surface area contributed by atoms with Gasteiger partial charge in [-0.25, -0.2) is 9.97 Å². The van der Waals surface area contributed by atoms with Gasteiger partial charge in [0.05, 0.1) is 18.6 Å². The Morgan fingerprint density at radius 2 is 2.14 bits per heavy atom. The van der Waals surface area contributed by atoms with E-state index in [0.29, 0.717) is 17.7 Å². The lowest BCUT2D eigenvalue weighted by molar-refractivity contribution is -0.148. The van der Waals surface area contributed by atoms with Crippen LogP contribution in [0, 0.1) is 0 Å². The molecule has 1 N–H and O–H groups in total. The number of carbonyl (C=O) groups excluding carboxylic acids is 2. The van der Waals surface area contributed by atoms with Crippen LogP contribution in [0.2, 0.25) is 5.28 Å². The Morgan fingerprint density at radius 1 is 1.41 bits per heavy atom. The molecule has 1 atom stereocenters. The van der Waals surface area contributed by atoms with Crippen LogP contribution >= 0.6 is 11.6 Å². The maximum absolute atomic E-state index is 12.3. The zero-order valence-corrected chi connectivity index (χ0v) is 13.2. The topological polar surface area (TPSA) is 99.0 Å². The number of halogens is 1. The van der Waals surface area contributed by atoms with Crippen molar-refractivity contribution in [3.63, 3.8) is 0 Å². The zero-order chi connectivity index (χ0) is 16.3. The smallest absolute Gasteiger partial charge is 0.324 e. The molecule has 8 nitrogen and oxygen atoms in total. The fraction of sp³-hybridized carbons (Fsp3) is 0.462. The number of nitrogens with one attached hydrogen (secondary N) is 1. The molecule has 0 fully saturated rings. The molecule has 0 radical (unpaired) electrons. The Morgan fingerprint density at radius 3 is 2.77 bits per heavy atom. The first-order chi connectivity index (χ1) is 10.5. The average Bonchev–Trinajstić information content (AvgIpc) is 2.81. The van der Waals surface area contributed by atoms with E-state index in [9.17, 15) is 9.59 Å². The molecule has 0 saturated heterocycles. The standard InChI is InChI=1S/C13H16ClN5O3/c1-4-15-11(20)7(12(21)22-5-2)8-9-10(18-13(14)17-8)19(3)6-16-9/h6-7H,4-5H2,1-3H3,(H,15,20). The van der Waals surface area contributed by atoms with Crippen molar-refractivity contribution in [3.8, 4) is 0 Å². The minimum Gasteiger partial charge on any atom is -0.465 e. The quantitative estimate of drug-likeness (QED) is 0.496. The van der Waals surface area contributed by atoms with Crippen molar-refractivity contribution in [1.82, 2.24) is 24.8 Å². The molecule has 1 unspecified atom stereocenters. The molecule has 22 heavy (non-hydrogen) atoms. The summed E-state index contributed by atoms with van der Waals surface area (Å²) in [6, 6.07) is 0. The Bertz CT molecular complexity index is 697. The van der Waals surface area contributed by atoms with E-state index in [1.165, 1.54) is 6.33 Å². The molecular weight excluding hydrogens is 310 g/mol. The summed E-state index contributed by atoms with van der Waals surface area (Å²) in [7, 11) is 1.73. The minimum atomic E-state index is -1.24. The summed E-state index contributed by atoms with van der Waals surface area (Å²) in [6.45, 7) is 3.94. The van der Waals surface area contributed by atoms with Gasteiger partial charge in [0.1, 0.15) is 5.52 Å². The highest BCUT2D eigenvalue weighted by atomic mass is 35.5. The fourth-order valence-electron chi connectivity index (χ4n) is 2.05. The summed E-state index contributed by atoms with van der Waals surface area (Å²) in [6.07, 6.45) is 1.51. The number of nitrogens with zero attached hydrogens (tertiary/aromatic N) is 4. The lowest BCUT2D eigenvalue weighted by Crippen LogP contribution is -2.35. The number of ether oxygens (including phenoxy) is 1. The number of hydrogen-bond donors (Lipinski definition) is 1. The summed E-state index contributed by atoms with van der Waals surface area (Å²) in [5.41, 5.74) is 0.921. The van der Waals surface area contributed by atoms with Crippen LogP contribution in [0.3, 0.4) is 0 Å². The van der Waals surface area contributed by atoms with Gasteiger partial charge in [-0.1, -0.05) is 0 Å². The van der Waals surface area contributed by atoms with Crippen LogP contribution in [-0.4, -0.2) is 44.5 Å². The summed E-state index contributed by atoms with van der Waals surface area (Å²) in [5, 5.41) is 2.53. The molecule has 0 bridgehead atoms. The van der Waals surface area contributed by atoms with Gasteiger partial charge in [0.25, 0.3) is 0 Å². The van der Waals surface area contributed by atoms with Crippen LogP contribution in [0.4, 0.5) is 0 Å². The van der Waals surface area contributed by atoms with Gasteiger partial charge < -0.3 is 14.6 Å². The second kappa shape index (κ2) is 6.69. The molecule has 0 spiro atoms. The van der Waals surface area contributed by atoms with E-state index in [2.05, 4.69) is 20.3 Å². The third kappa shape index (κ3) is 3.01. The van der Waals surface area contributed by atoms with Gasteiger partial charge in [0.2, 0.25) is 11.2 Å². The van der Waals surface area contributed by atoms with E-state index < -0.39 is 17.8 Å². The molecule has 0 saturated carbocycles. The maximum Gasteiger partial charge on any atom is 0.324 e. The number of likely N-dealkylation sites (N-methyl/N-ethyl adjacent to an activating group) is 1. The van der Waals surface area contributed by atoms with Crippen LogP contribution < -0.4 is 5.32 Å². The van der Waals surface area contributed by atoms with Crippen LogP contribution in [-0.2, 0) is 21.4 Å². The number of aromatic nitrogens is 4. The third-order valence-corrected chi connectivity index (χ3v) is 3.14. The van der Waals surface area contributed by atoms with Gasteiger partial charge in [-0.3, -0.25) is 9.59 Å². The van der Waals surface area contributed by atoms with Crippen molar-refractivity contribution < 1.29 is 14.3 Å². The zero-order valence-electron chi connectivity index (χ0n) is 12.5. The molecule has 0 aromatic carbocycles. The predicted molar refractivity (Wildman–Crippen MR) is 79.4 cm³/mol. The molecule has 2 aromatic heterocycles. The van der Waals surface area contributed by atoms with Crippen LogP contribution in [0.5, 0.6) is 0 Å². The molecule has 0 aliphatic heterocycles. The van der Waals surface area contributed by atoms with Gasteiger partial charge in [0, 0.05) is 13.6 Å². The van der Waals surface area contributed by atoms with E-state index in [1.807, 2.05) is 0 Å². The monoisotopic (exact) mass is 325 g/mol. The Labute approximate surface area is 131 Å². The van der Waals surface area contributed by atoms with E-state index >= 15 is 0 Å². The maximum atomic E-state index is 12.3. The van der Waals surface area contributed by atoms with Gasteiger partial charge in [-0.05, 0) is 25.4 Å². The first kappa shape index (κ1) is 16.2. The summed E-state index contributed by atoms with van der Waals surface area (Å²) < 4.78 is 6.61. The summed E-state index contributed by atoms with van der Waals surface area (Å²) in [4.78, 5) is 36.7. The average molecular weight is 326 g/mol. The molecule has 9 heteroatoms. The molecule has 2 aromatic rings. The number of aryl methyl sites for hydroxylation is 1. The highest BCUT2D eigenvalue weighted by Crippen LogP contribution is 2.25. The summed E-state index contributed by atoms with van der Waals surface area (Å²) >= 11 is 5.91. The molecule has 0 aliphatic carbocycles. The fourth-order valence-corrected chi connectivity index (χ4v) is 2.22. The number of imidazole rings is 1. The van der Waals surface area contributed by atoms with E-state index in [0.717, 1.165) is 0 Å². The number of hydrogen-bond acceptors (Lipinski definition) is 6. The van der Waals surface area contributed by atoms with Crippen LogP contribution in [0.1, 0.15) is 25.5 Å². The molecule has 118 valence electrons. The van der Waals surface area contributed by atoms with Gasteiger partial charge >= 0.3 is 5.97 Å². The molecule has 2 rings (SSSR count). The largest absolute Gasteiger partial charge is 0.465 e. The van der Waals surface area contributed by atoms with Crippen LogP contribution in [0.25, 0.3) is 11.2 Å². The van der Waals surface area contributed by atoms with E-state index in [1.54, 1.807) is 25.5 Å². The predicted octanol–water partition coefficient (Wildman–Crippen LogP) is 0.799. The summed E-state index contributed by atoms with van der Waals surface area (Å²) in [5.74, 6) is -2.45. The highest BCUT2D eigenvalue weighted by molar-refractivity contribution is 6.28. The van der Waals surface area contributed by atoms with Gasteiger partial charge in [-0.2, -0.15) is 4.98 Å². The third-order valence-electron chi connectivity index (χ3n) is 2.97. The molecule has 0 aliphatic rings. The lowest BCUT2D eigenvalue weighted by Gasteiger charge is -2.15. The number of fused-ring (bicyclic) bond motifs is 1. The first-order valence-electron chi connectivity index (χ1n) is 6.78.